The van der Waals surface area contributed by atoms with Gasteiger partial charge >= 0.3 is 0 Å². The number of aryl methyl sites for hydroxylation is 1. The van der Waals surface area contributed by atoms with Crippen LogP contribution in [0.4, 0.5) is 0 Å². The van der Waals surface area contributed by atoms with Crippen LogP contribution in [0.5, 0.6) is 5.75 Å². The minimum absolute atomic E-state index is 0.272. The van der Waals surface area contributed by atoms with Crippen molar-refractivity contribution in [2.24, 2.45) is 7.05 Å². The Morgan fingerprint density at radius 3 is 2.45 bits per heavy atom. The molecule has 1 aromatic carbocycles. The largest absolute Gasteiger partial charge is 0.481 e. The van der Waals surface area contributed by atoms with Crippen molar-refractivity contribution in [3.05, 3.63) is 40.4 Å². The van der Waals surface area contributed by atoms with Gasteiger partial charge in [0, 0.05) is 17.1 Å². The summed E-state index contributed by atoms with van der Waals surface area (Å²) in [6.07, 6.45) is 0.872. The maximum absolute atomic E-state index is 12.2. The van der Waals surface area contributed by atoms with Crippen molar-refractivity contribution in [2.75, 3.05) is 0 Å². The van der Waals surface area contributed by atoms with Crippen molar-refractivity contribution in [3.63, 3.8) is 0 Å². The third-order valence-electron chi connectivity index (χ3n) is 3.01. The number of aromatic nitrogens is 3. The lowest BCUT2D eigenvalue weighted by atomic mass is 10.2. The summed E-state index contributed by atoms with van der Waals surface area (Å²) in [5.41, 5.74) is 0. The molecule has 0 aliphatic carbocycles. The predicted molar refractivity (Wildman–Crippen MR) is 84.1 cm³/mol. The number of amides is 1. The Balaban J connectivity index is 1.98. The zero-order chi connectivity index (χ0) is 16.3. The molecule has 2 aromatic rings. The van der Waals surface area contributed by atoms with Crippen LogP contribution >= 0.6 is 23.2 Å². The number of hydrogen-bond acceptors (Lipinski definition) is 4. The van der Waals surface area contributed by atoms with Gasteiger partial charge in [0.1, 0.15) is 12.1 Å². The summed E-state index contributed by atoms with van der Waals surface area (Å²) < 4.78 is 7.31. The fourth-order valence-electron chi connectivity index (χ4n) is 1.93. The van der Waals surface area contributed by atoms with Gasteiger partial charge in [-0.15, -0.1) is 10.2 Å². The van der Waals surface area contributed by atoms with Crippen molar-refractivity contribution in [1.82, 2.24) is 20.1 Å². The molecule has 1 amide bonds. The Morgan fingerprint density at radius 1 is 1.27 bits per heavy atom. The first-order chi connectivity index (χ1) is 10.4. The number of ether oxygens (including phenoxy) is 1. The van der Waals surface area contributed by atoms with E-state index in [2.05, 4.69) is 15.5 Å². The first-order valence-electron chi connectivity index (χ1n) is 6.64. The molecule has 118 valence electrons. The number of nitrogens with one attached hydrogen (secondary N) is 1. The van der Waals surface area contributed by atoms with Gasteiger partial charge in [-0.3, -0.25) is 4.79 Å². The maximum Gasteiger partial charge on any atom is 0.261 e. The zero-order valence-corrected chi connectivity index (χ0v) is 13.9. The highest BCUT2D eigenvalue weighted by atomic mass is 35.5. The molecule has 0 radical (unpaired) electrons. The molecule has 1 N–H and O–H groups in total. The first kappa shape index (κ1) is 16.6. The molecule has 8 heteroatoms. The van der Waals surface area contributed by atoms with Crippen LogP contribution in [0.1, 0.15) is 25.7 Å². The van der Waals surface area contributed by atoms with Crippen LogP contribution in [-0.4, -0.2) is 26.8 Å². The Bertz CT molecular complexity index is 654. The van der Waals surface area contributed by atoms with Crippen LogP contribution in [-0.2, 0) is 11.8 Å². The van der Waals surface area contributed by atoms with Crippen LogP contribution < -0.4 is 10.1 Å². The van der Waals surface area contributed by atoms with Gasteiger partial charge in [0.15, 0.2) is 11.9 Å². The van der Waals surface area contributed by atoms with Crippen LogP contribution in [0.3, 0.4) is 0 Å². The van der Waals surface area contributed by atoms with Crippen molar-refractivity contribution >= 4 is 29.1 Å². The summed E-state index contributed by atoms with van der Waals surface area (Å²) in [5, 5.41) is 11.5. The number of nitrogens with zero attached hydrogens (tertiary/aromatic N) is 3. The van der Waals surface area contributed by atoms with Crippen molar-refractivity contribution in [1.29, 1.82) is 0 Å². The van der Waals surface area contributed by atoms with Gasteiger partial charge in [-0.25, -0.2) is 0 Å². The smallest absolute Gasteiger partial charge is 0.261 e. The van der Waals surface area contributed by atoms with Gasteiger partial charge in [-0.1, -0.05) is 23.2 Å². The van der Waals surface area contributed by atoms with Gasteiger partial charge < -0.3 is 14.6 Å². The molecule has 2 rings (SSSR count). The molecule has 1 aromatic heterocycles. The molecule has 0 aliphatic heterocycles. The number of halogens is 2. The van der Waals surface area contributed by atoms with E-state index in [0.29, 0.717) is 21.6 Å². The van der Waals surface area contributed by atoms with Gasteiger partial charge in [0.05, 0.1) is 6.04 Å². The summed E-state index contributed by atoms with van der Waals surface area (Å²) in [4.78, 5) is 12.2. The molecule has 22 heavy (non-hydrogen) atoms. The van der Waals surface area contributed by atoms with E-state index in [1.165, 1.54) is 0 Å². The SMILES string of the molecule is C[C@H](Oc1cc(Cl)cc(Cl)c1)C(=O)N[C@H](C)c1nncn1C. The zero-order valence-electron chi connectivity index (χ0n) is 12.4. The topological polar surface area (TPSA) is 69.0 Å². The molecular weight excluding hydrogens is 327 g/mol. The highest BCUT2D eigenvalue weighted by Crippen LogP contribution is 2.25. The molecule has 0 unspecified atom stereocenters. The molecule has 0 spiro atoms. The van der Waals surface area contributed by atoms with E-state index in [1.54, 1.807) is 36.0 Å². The summed E-state index contributed by atoms with van der Waals surface area (Å²) in [5.74, 6) is 0.824. The minimum Gasteiger partial charge on any atom is -0.481 e. The molecule has 1 heterocycles. The fourth-order valence-corrected chi connectivity index (χ4v) is 2.44. The third kappa shape index (κ3) is 4.11. The van der Waals surface area contributed by atoms with Crippen molar-refractivity contribution < 1.29 is 9.53 Å². The highest BCUT2D eigenvalue weighted by Gasteiger charge is 2.20. The van der Waals surface area contributed by atoms with Gasteiger partial charge in [-0.05, 0) is 32.0 Å². The van der Waals surface area contributed by atoms with E-state index in [9.17, 15) is 4.79 Å². The fraction of sp³-hybridized carbons (Fsp3) is 0.357. The molecule has 2 atom stereocenters. The number of hydrogen-bond donors (Lipinski definition) is 1. The second-order valence-corrected chi connectivity index (χ2v) is 5.77. The third-order valence-corrected chi connectivity index (χ3v) is 3.45. The molecule has 0 saturated heterocycles. The Hall–Kier alpha value is -1.79. The maximum atomic E-state index is 12.2. The van der Waals surface area contributed by atoms with Crippen molar-refractivity contribution in [3.8, 4) is 5.75 Å². The van der Waals surface area contributed by atoms with E-state index in [0.717, 1.165) is 0 Å². The highest BCUT2D eigenvalue weighted by molar-refractivity contribution is 6.34. The standard InChI is InChI=1S/C14H16Cl2N4O2/c1-8(13-19-17-7-20(13)3)18-14(21)9(2)22-12-5-10(15)4-11(16)6-12/h4-9H,1-3H3,(H,18,21)/t8-,9+/m1/s1. The average Bonchev–Trinajstić information content (AvgIpc) is 2.83. The van der Waals surface area contributed by atoms with E-state index in [-0.39, 0.29) is 11.9 Å². The summed E-state index contributed by atoms with van der Waals surface area (Å²) in [7, 11) is 1.81. The number of carbonyl (C=O) groups is 1. The van der Waals surface area contributed by atoms with Gasteiger partial charge in [0.25, 0.3) is 5.91 Å². The molecular formula is C14H16Cl2N4O2. The van der Waals surface area contributed by atoms with Crippen LogP contribution in [0.2, 0.25) is 10.0 Å². The second kappa shape index (κ2) is 6.98. The lowest BCUT2D eigenvalue weighted by Gasteiger charge is -2.18. The number of carbonyl (C=O) groups excluding carboxylic acids is 1. The normalized spacial score (nSPS) is 13.5. The van der Waals surface area contributed by atoms with Crippen LogP contribution in [0, 0.1) is 0 Å². The lowest BCUT2D eigenvalue weighted by molar-refractivity contribution is -0.128. The van der Waals surface area contributed by atoms with Crippen LogP contribution in [0.15, 0.2) is 24.5 Å². The average molecular weight is 343 g/mol. The van der Waals surface area contributed by atoms with Crippen LogP contribution in [0.25, 0.3) is 0 Å². The summed E-state index contributed by atoms with van der Waals surface area (Å²) in [6.45, 7) is 3.47. The van der Waals surface area contributed by atoms with E-state index in [1.807, 2.05) is 14.0 Å². The molecule has 0 bridgehead atoms. The Morgan fingerprint density at radius 2 is 1.91 bits per heavy atom. The van der Waals surface area contributed by atoms with E-state index in [4.69, 9.17) is 27.9 Å². The first-order valence-corrected chi connectivity index (χ1v) is 7.39. The summed E-state index contributed by atoms with van der Waals surface area (Å²) in [6, 6.07) is 4.51. The summed E-state index contributed by atoms with van der Waals surface area (Å²) >= 11 is 11.8. The van der Waals surface area contributed by atoms with Gasteiger partial charge in [0.2, 0.25) is 0 Å². The van der Waals surface area contributed by atoms with Crippen molar-refractivity contribution in [2.45, 2.75) is 26.0 Å². The molecule has 6 nitrogen and oxygen atoms in total. The monoisotopic (exact) mass is 342 g/mol. The second-order valence-electron chi connectivity index (χ2n) is 4.90. The van der Waals surface area contributed by atoms with Gasteiger partial charge in [-0.2, -0.15) is 0 Å². The van der Waals surface area contributed by atoms with E-state index < -0.39 is 6.10 Å². The predicted octanol–water partition coefficient (Wildman–Crippen LogP) is 2.77. The molecule has 0 aliphatic rings. The van der Waals surface area contributed by atoms with E-state index >= 15 is 0 Å². The number of rotatable bonds is 5. The molecule has 0 saturated carbocycles. The lowest BCUT2D eigenvalue weighted by Crippen LogP contribution is -2.38. The Kier molecular flexibility index (Phi) is 5.26. The minimum atomic E-state index is -0.704. The quantitative estimate of drug-likeness (QED) is 0.906. The molecule has 0 fully saturated rings. The Labute approximate surface area is 138 Å². The number of benzene rings is 1.